The number of aliphatic hydroxyl groups excluding tert-OH is 1. The third-order valence-electron chi connectivity index (χ3n) is 3.69. The van der Waals surface area contributed by atoms with Crippen molar-refractivity contribution < 1.29 is 28.2 Å². The number of nitrogens with one attached hydrogen (secondary N) is 1. The first-order valence-corrected chi connectivity index (χ1v) is 7.98. The van der Waals surface area contributed by atoms with E-state index in [0.29, 0.717) is 11.0 Å². The Balaban J connectivity index is 1.79. The maximum atomic E-state index is 12.4. The Kier molecular flexibility index (Phi) is 5.50. The quantitative estimate of drug-likeness (QED) is 0.379. The molecule has 1 aromatic heterocycles. The summed E-state index contributed by atoms with van der Waals surface area (Å²) in [6.07, 6.45) is 0. The molecule has 142 valence electrons. The van der Waals surface area contributed by atoms with Crippen molar-refractivity contribution in [3.05, 3.63) is 65.7 Å². The number of alkyl halides is 2. The Hall–Kier alpha value is -3.93. The van der Waals surface area contributed by atoms with Gasteiger partial charge in [-0.3, -0.25) is 0 Å². The van der Waals surface area contributed by atoms with Crippen LogP contribution in [-0.2, 0) is 4.74 Å². The Morgan fingerprint density at radius 2 is 1.93 bits per heavy atom. The van der Waals surface area contributed by atoms with E-state index in [9.17, 15) is 23.9 Å². The number of ether oxygens (including phenoxy) is 2. The van der Waals surface area contributed by atoms with Gasteiger partial charge in [0.25, 0.3) is 0 Å². The first-order valence-electron chi connectivity index (χ1n) is 7.98. The largest absolute Gasteiger partial charge is 0.507 e. The number of H-pyrrole nitrogens is 1. The van der Waals surface area contributed by atoms with Crippen molar-refractivity contribution in [1.82, 2.24) is 9.97 Å². The third-order valence-corrected chi connectivity index (χ3v) is 3.69. The molecule has 0 bridgehead atoms. The summed E-state index contributed by atoms with van der Waals surface area (Å²) in [5.41, 5.74) is 0.806. The van der Waals surface area contributed by atoms with Crippen LogP contribution in [0.5, 0.6) is 5.75 Å². The number of aromatic nitrogens is 2. The first-order chi connectivity index (χ1) is 13.5. The summed E-state index contributed by atoms with van der Waals surface area (Å²) in [6, 6.07) is 14.1. The van der Waals surface area contributed by atoms with Gasteiger partial charge in [0, 0.05) is 0 Å². The van der Waals surface area contributed by atoms with Crippen LogP contribution in [0.2, 0.25) is 0 Å². The van der Waals surface area contributed by atoms with Gasteiger partial charge >= 0.3 is 12.6 Å². The molecule has 0 unspecified atom stereocenters. The number of nitrogens with zero attached hydrogens (tertiary/aromatic N) is 2. The fraction of sp³-hybridized carbons (Fsp3) is 0.105. The van der Waals surface area contributed by atoms with Gasteiger partial charge in [-0.25, -0.2) is 9.78 Å². The number of halogens is 2. The summed E-state index contributed by atoms with van der Waals surface area (Å²) in [5, 5.41) is 19.5. The lowest BCUT2D eigenvalue weighted by Gasteiger charge is -2.10. The van der Waals surface area contributed by atoms with Crippen LogP contribution >= 0.6 is 0 Å². The lowest BCUT2D eigenvalue weighted by Crippen LogP contribution is -2.12. The molecular weight excluding hydrogens is 372 g/mol. The molecule has 0 aliphatic heterocycles. The van der Waals surface area contributed by atoms with Crippen molar-refractivity contribution in [2.24, 2.45) is 0 Å². The number of hydrogen-bond donors (Lipinski definition) is 2. The SMILES string of the molecule is N#C/C(=C(/O)COC(=O)c1ccccc1OC(F)F)c1nc2ccccc2[nH]1. The predicted molar refractivity (Wildman–Crippen MR) is 94.6 cm³/mol. The summed E-state index contributed by atoms with van der Waals surface area (Å²) in [4.78, 5) is 19.2. The van der Waals surface area contributed by atoms with Gasteiger partial charge in [-0.15, -0.1) is 0 Å². The van der Waals surface area contributed by atoms with E-state index in [1.807, 2.05) is 0 Å². The highest BCUT2D eigenvalue weighted by Crippen LogP contribution is 2.22. The summed E-state index contributed by atoms with van der Waals surface area (Å²) in [5.74, 6) is -1.78. The zero-order chi connectivity index (χ0) is 20.1. The average molecular weight is 385 g/mol. The molecule has 2 aromatic carbocycles. The zero-order valence-electron chi connectivity index (χ0n) is 14.2. The molecule has 0 radical (unpaired) electrons. The van der Waals surface area contributed by atoms with Crippen LogP contribution in [0.4, 0.5) is 8.78 Å². The molecule has 0 aliphatic carbocycles. The van der Waals surface area contributed by atoms with E-state index in [-0.39, 0.29) is 22.7 Å². The fourth-order valence-electron chi connectivity index (χ4n) is 2.44. The number of nitriles is 1. The number of aliphatic hydroxyl groups is 1. The minimum Gasteiger partial charge on any atom is -0.507 e. The molecule has 28 heavy (non-hydrogen) atoms. The Bertz CT molecular complexity index is 1050. The first kappa shape index (κ1) is 18.8. The molecule has 7 nitrogen and oxygen atoms in total. The Labute approximate surface area is 157 Å². The van der Waals surface area contributed by atoms with E-state index in [0.717, 1.165) is 0 Å². The van der Waals surface area contributed by atoms with Crippen LogP contribution in [0, 0.1) is 11.3 Å². The zero-order valence-corrected chi connectivity index (χ0v) is 14.2. The van der Waals surface area contributed by atoms with Crippen molar-refractivity contribution in [2.45, 2.75) is 6.61 Å². The molecule has 2 N–H and O–H groups in total. The van der Waals surface area contributed by atoms with Crippen LogP contribution in [0.25, 0.3) is 16.6 Å². The lowest BCUT2D eigenvalue weighted by molar-refractivity contribution is -0.0504. The van der Waals surface area contributed by atoms with E-state index in [4.69, 9.17) is 4.74 Å². The maximum absolute atomic E-state index is 12.4. The second kappa shape index (κ2) is 8.18. The number of imidazole rings is 1. The minimum absolute atomic E-state index is 0.110. The van der Waals surface area contributed by atoms with E-state index >= 15 is 0 Å². The van der Waals surface area contributed by atoms with Crippen LogP contribution in [-0.4, -0.2) is 34.3 Å². The monoisotopic (exact) mass is 385 g/mol. The van der Waals surface area contributed by atoms with Gasteiger partial charge < -0.3 is 19.6 Å². The summed E-state index contributed by atoms with van der Waals surface area (Å²) >= 11 is 0. The molecule has 3 rings (SSSR count). The van der Waals surface area contributed by atoms with Gasteiger partial charge in [-0.05, 0) is 24.3 Å². The number of carbonyl (C=O) groups excluding carboxylic acids is 1. The molecule has 0 spiro atoms. The smallest absolute Gasteiger partial charge is 0.387 e. The van der Waals surface area contributed by atoms with Gasteiger partial charge in [0.2, 0.25) is 0 Å². The van der Waals surface area contributed by atoms with Gasteiger partial charge in [-0.1, -0.05) is 24.3 Å². The highest BCUT2D eigenvalue weighted by molar-refractivity contribution is 5.92. The number of aromatic amines is 1. The highest BCUT2D eigenvalue weighted by Gasteiger charge is 2.19. The van der Waals surface area contributed by atoms with Gasteiger partial charge in [0.15, 0.2) is 11.6 Å². The molecule has 0 atom stereocenters. The van der Waals surface area contributed by atoms with Crippen LogP contribution < -0.4 is 4.74 Å². The van der Waals surface area contributed by atoms with Crippen LogP contribution in [0.15, 0.2) is 54.3 Å². The number of benzene rings is 2. The summed E-state index contributed by atoms with van der Waals surface area (Å²) in [7, 11) is 0. The van der Waals surface area contributed by atoms with Crippen molar-refractivity contribution in [3.63, 3.8) is 0 Å². The minimum atomic E-state index is -3.11. The van der Waals surface area contributed by atoms with Crippen LogP contribution in [0.3, 0.4) is 0 Å². The second-order valence-electron chi connectivity index (χ2n) is 5.49. The van der Waals surface area contributed by atoms with E-state index < -0.39 is 24.9 Å². The van der Waals surface area contributed by atoms with Gasteiger partial charge in [0.05, 0.1) is 11.0 Å². The molecule has 1 heterocycles. The number of hydrogen-bond acceptors (Lipinski definition) is 6. The molecule has 9 heteroatoms. The van der Waals surface area contributed by atoms with Crippen LogP contribution in [0.1, 0.15) is 16.2 Å². The molecule has 0 fully saturated rings. The average Bonchev–Trinajstić information content (AvgIpc) is 3.10. The molecule has 0 saturated heterocycles. The van der Waals surface area contributed by atoms with Gasteiger partial charge in [-0.2, -0.15) is 14.0 Å². The third kappa shape index (κ3) is 4.07. The van der Waals surface area contributed by atoms with Crippen molar-refractivity contribution in [1.29, 1.82) is 5.26 Å². The number of rotatable bonds is 6. The lowest BCUT2D eigenvalue weighted by atomic mass is 10.2. The number of para-hydroxylation sites is 3. The normalized spacial score (nSPS) is 11.8. The molecule has 0 aliphatic rings. The Morgan fingerprint density at radius 3 is 2.64 bits per heavy atom. The van der Waals surface area contributed by atoms with E-state index in [1.165, 1.54) is 24.3 Å². The highest BCUT2D eigenvalue weighted by atomic mass is 19.3. The molecular formula is C19H13F2N3O4. The maximum Gasteiger partial charge on any atom is 0.387 e. The second-order valence-corrected chi connectivity index (χ2v) is 5.49. The van der Waals surface area contributed by atoms with Crippen molar-refractivity contribution in [3.8, 4) is 11.8 Å². The van der Waals surface area contributed by atoms with E-state index in [2.05, 4.69) is 14.7 Å². The van der Waals surface area contributed by atoms with E-state index in [1.54, 1.807) is 30.3 Å². The number of allylic oxidation sites excluding steroid dienone is 1. The van der Waals surface area contributed by atoms with Gasteiger partial charge in [0.1, 0.15) is 29.6 Å². The predicted octanol–water partition coefficient (Wildman–Crippen LogP) is 3.81. The fourth-order valence-corrected chi connectivity index (χ4v) is 2.44. The van der Waals surface area contributed by atoms with Crippen molar-refractivity contribution in [2.75, 3.05) is 6.61 Å². The van der Waals surface area contributed by atoms with Crippen molar-refractivity contribution >= 4 is 22.6 Å². The Morgan fingerprint density at radius 1 is 1.21 bits per heavy atom. The number of esters is 1. The molecule has 3 aromatic rings. The standard InChI is InChI=1S/C19H13F2N3O4/c20-19(21)28-16-8-4-1-5-11(16)18(26)27-10-15(25)12(9-22)17-23-13-6-2-3-7-14(13)24-17/h1-8,19,25H,10H2,(H,23,24)/b15-12-. The number of fused-ring (bicyclic) bond motifs is 1. The molecule has 0 saturated carbocycles. The molecule has 0 amide bonds. The number of carbonyl (C=O) groups is 1. The topological polar surface area (TPSA) is 108 Å². The summed E-state index contributed by atoms with van der Waals surface area (Å²) < 4.78 is 34.1. The summed E-state index contributed by atoms with van der Waals surface area (Å²) in [6.45, 7) is -3.76.